The van der Waals surface area contributed by atoms with Crippen LogP contribution in [-0.2, 0) is 15.1 Å². The fourth-order valence-corrected chi connectivity index (χ4v) is 3.62. The van der Waals surface area contributed by atoms with E-state index >= 15 is 0 Å². The predicted molar refractivity (Wildman–Crippen MR) is 87.5 cm³/mol. The first kappa shape index (κ1) is 13.3. The second-order valence-corrected chi connectivity index (χ2v) is 5.88. The van der Waals surface area contributed by atoms with Crippen molar-refractivity contribution >= 4 is 29.0 Å². The van der Waals surface area contributed by atoms with Crippen LogP contribution >= 0.6 is 12.2 Å². The molecule has 4 rings (SSSR count). The molecular formula is C17H14N2O2S. The van der Waals surface area contributed by atoms with Crippen molar-refractivity contribution in [1.29, 1.82) is 0 Å². The molecule has 1 saturated heterocycles. The maximum atomic E-state index is 13.0. The van der Waals surface area contributed by atoms with E-state index in [-0.39, 0.29) is 11.1 Å². The molecule has 2 heterocycles. The minimum Gasteiger partial charge on any atom is -0.459 e. The molecule has 2 aliphatic heterocycles. The largest absolute Gasteiger partial charge is 0.459 e. The highest BCUT2D eigenvalue weighted by molar-refractivity contribution is 7.80. The van der Waals surface area contributed by atoms with Gasteiger partial charge in [0.25, 0.3) is 11.1 Å². The third kappa shape index (κ3) is 1.57. The van der Waals surface area contributed by atoms with Crippen LogP contribution in [-0.4, -0.2) is 18.1 Å². The number of para-hydroxylation sites is 1. The Balaban J connectivity index is 1.95. The normalized spacial score (nSPS) is 26.0. The van der Waals surface area contributed by atoms with Crippen LogP contribution in [0.2, 0.25) is 0 Å². The standard InChI is InChI=1S/C17H14N2O2S/c1-19-13-10-6-5-9-12(13)17(15(19)20)14(21-16(22)18-17)11-7-3-2-4-8-11/h2-10,14H,1H3,(H,18,22)/t14-,17+/m0/s1. The SMILES string of the molecule is CN1C(=O)[C@@]2(NC(=S)O[C@H]2c2ccccc2)c2ccccc21. The number of nitrogens with one attached hydrogen (secondary N) is 1. The van der Waals surface area contributed by atoms with E-state index < -0.39 is 11.6 Å². The number of thiocarbonyl (C=S) groups is 1. The van der Waals surface area contributed by atoms with Crippen molar-refractivity contribution in [1.82, 2.24) is 5.32 Å². The van der Waals surface area contributed by atoms with Crippen LogP contribution in [0.5, 0.6) is 0 Å². The lowest BCUT2D eigenvalue weighted by Crippen LogP contribution is -2.49. The summed E-state index contributed by atoms with van der Waals surface area (Å²) in [4.78, 5) is 14.7. The maximum absolute atomic E-state index is 13.0. The molecule has 2 aromatic rings. The molecule has 0 unspecified atom stereocenters. The first-order chi connectivity index (χ1) is 10.6. The van der Waals surface area contributed by atoms with Gasteiger partial charge < -0.3 is 15.0 Å². The minimum atomic E-state index is -0.982. The molecule has 1 spiro atoms. The van der Waals surface area contributed by atoms with Gasteiger partial charge >= 0.3 is 0 Å². The summed E-state index contributed by atoms with van der Waals surface area (Å²) < 4.78 is 5.83. The van der Waals surface area contributed by atoms with Gasteiger partial charge in [-0.15, -0.1) is 0 Å². The number of nitrogens with zero attached hydrogens (tertiary/aromatic N) is 1. The zero-order valence-electron chi connectivity index (χ0n) is 11.9. The van der Waals surface area contributed by atoms with Crippen LogP contribution in [0, 0.1) is 0 Å². The van der Waals surface area contributed by atoms with Gasteiger partial charge in [-0.05, 0) is 23.8 Å². The first-order valence-corrected chi connectivity index (χ1v) is 7.47. The van der Waals surface area contributed by atoms with Crippen LogP contribution in [0.4, 0.5) is 5.69 Å². The van der Waals surface area contributed by atoms with E-state index in [4.69, 9.17) is 17.0 Å². The maximum Gasteiger partial charge on any atom is 0.261 e. The van der Waals surface area contributed by atoms with Gasteiger partial charge in [0.2, 0.25) is 0 Å². The van der Waals surface area contributed by atoms with E-state index in [1.165, 1.54) is 0 Å². The highest BCUT2D eigenvalue weighted by Gasteiger charge is 2.60. The summed E-state index contributed by atoms with van der Waals surface area (Å²) in [7, 11) is 1.78. The van der Waals surface area contributed by atoms with Gasteiger partial charge in [0, 0.05) is 18.3 Å². The molecule has 0 bridgehead atoms. The third-order valence-corrected chi connectivity index (χ3v) is 4.55. The van der Waals surface area contributed by atoms with E-state index in [0.717, 1.165) is 16.8 Å². The van der Waals surface area contributed by atoms with Gasteiger partial charge in [-0.25, -0.2) is 0 Å². The van der Waals surface area contributed by atoms with Crippen molar-refractivity contribution in [2.75, 3.05) is 11.9 Å². The molecule has 0 radical (unpaired) electrons. The number of likely N-dealkylation sites (N-methyl/N-ethyl adjacent to an activating group) is 1. The Morgan fingerprint density at radius 2 is 1.82 bits per heavy atom. The quantitative estimate of drug-likeness (QED) is 0.822. The molecule has 22 heavy (non-hydrogen) atoms. The van der Waals surface area contributed by atoms with Crippen molar-refractivity contribution in [3.05, 3.63) is 65.7 Å². The lowest BCUT2D eigenvalue weighted by atomic mass is 9.83. The number of benzene rings is 2. The summed E-state index contributed by atoms with van der Waals surface area (Å²) in [6, 6.07) is 17.5. The molecule has 1 fully saturated rings. The lowest BCUT2D eigenvalue weighted by molar-refractivity contribution is -0.125. The molecule has 2 aromatic carbocycles. The van der Waals surface area contributed by atoms with Crippen molar-refractivity contribution in [3.63, 3.8) is 0 Å². The van der Waals surface area contributed by atoms with Crippen LogP contribution in [0.3, 0.4) is 0 Å². The van der Waals surface area contributed by atoms with Gasteiger partial charge in [-0.3, -0.25) is 4.79 Å². The van der Waals surface area contributed by atoms with E-state index in [9.17, 15) is 4.79 Å². The van der Waals surface area contributed by atoms with Crippen LogP contribution in [0.25, 0.3) is 0 Å². The highest BCUT2D eigenvalue weighted by Crippen LogP contribution is 2.50. The Bertz CT molecular complexity index is 777. The van der Waals surface area contributed by atoms with Gasteiger partial charge in [0.1, 0.15) is 0 Å². The van der Waals surface area contributed by atoms with E-state index in [0.29, 0.717) is 0 Å². The summed E-state index contributed by atoms with van der Waals surface area (Å²) >= 11 is 5.22. The molecule has 4 nitrogen and oxygen atoms in total. The van der Waals surface area contributed by atoms with E-state index in [2.05, 4.69) is 5.32 Å². The molecular weight excluding hydrogens is 296 g/mol. The molecule has 1 amide bonds. The van der Waals surface area contributed by atoms with Crippen LogP contribution in [0.1, 0.15) is 17.2 Å². The Hall–Kier alpha value is -2.40. The second-order valence-electron chi connectivity index (χ2n) is 5.51. The van der Waals surface area contributed by atoms with Gasteiger partial charge in [-0.1, -0.05) is 48.5 Å². The number of carbonyl (C=O) groups excluding carboxylic acids is 1. The number of fused-ring (bicyclic) bond motifs is 2. The van der Waals surface area contributed by atoms with Crippen LogP contribution < -0.4 is 10.2 Å². The molecule has 0 aliphatic carbocycles. The number of rotatable bonds is 1. The molecule has 2 atom stereocenters. The molecule has 0 saturated carbocycles. The fraction of sp³-hybridized carbons (Fsp3) is 0.176. The summed E-state index contributed by atoms with van der Waals surface area (Å²) in [5.41, 5.74) is 1.72. The Kier molecular flexibility index (Phi) is 2.74. The van der Waals surface area contributed by atoms with Crippen molar-refractivity contribution < 1.29 is 9.53 Å². The van der Waals surface area contributed by atoms with Gasteiger partial charge in [0.15, 0.2) is 11.6 Å². The number of ether oxygens (including phenoxy) is 1. The lowest BCUT2D eigenvalue weighted by Gasteiger charge is -2.27. The predicted octanol–water partition coefficient (Wildman–Crippen LogP) is 2.50. The number of hydrogen-bond acceptors (Lipinski definition) is 3. The van der Waals surface area contributed by atoms with Crippen molar-refractivity contribution in [2.24, 2.45) is 0 Å². The Labute approximate surface area is 133 Å². The third-order valence-electron chi connectivity index (χ3n) is 4.35. The van der Waals surface area contributed by atoms with E-state index in [1.54, 1.807) is 11.9 Å². The summed E-state index contributed by atoms with van der Waals surface area (Å²) in [6.45, 7) is 0. The topological polar surface area (TPSA) is 41.6 Å². The number of anilines is 1. The Morgan fingerprint density at radius 1 is 1.14 bits per heavy atom. The Morgan fingerprint density at radius 3 is 2.59 bits per heavy atom. The van der Waals surface area contributed by atoms with Crippen molar-refractivity contribution in [2.45, 2.75) is 11.6 Å². The highest BCUT2D eigenvalue weighted by atomic mass is 32.1. The van der Waals surface area contributed by atoms with Crippen molar-refractivity contribution in [3.8, 4) is 0 Å². The number of carbonyl (C=O) groups is 1. The average Bonchev–Trinajstić information content (AvgIpc) is 3.01. The summed E-state index contributed by atoms with van der Waals surface area (Å²) in [5, 5.41) is 3.39. The van der Waals surface area contributed by atoms with Gasteiger partial charge in [-0.2, -0.15) is 0 Å². The summed E-state index contributed by atoms with van der Waals surface area (Å²) in [5.74, 6) is -0.0533. The monoisotopic (exact) mass is 310 g/mol. The average molecular weight is 310 g/mol. The molecule has 110 valence electrons. The fourth-order valence-electron chi connectivity index (χ4n) is 3.36. The smallest absolute Gasteiger partial charge is 0.261 e. The zero-order chi connectivity index (χ0) is 15.3. The molecule has 5 heteroatoms. The zero-order valence-corrected chi connectivity index (χ0v) is 12.8. The number of amides is 1. The summed E-state index contributed by atoms with van der Waals surface area (Å²) in [6.07, 6.45) is -0.472. The number of hydrogen-bond donors (Lipinski definition) is 1. The van der Waals surface area contributed by atoms with E-state index in [1.807, 2.05) is 54.6 Å². The van der Waals surface area contributed by atoms with Crippen LogP contribution in [0.15, 0.2) is 54.6 Å². The van der Waals surface area contributed by atoms with Gasteiger partial charge in [0.05, 0.1) is 0 Å². The first-order valence-electron chi connectivity index (χ1n) is 7.06. The molecule has 2 aliphatic rings. The minimum absolute atomic E-state index is 0.0533. The molecule has 1 N–H and O–H groups in total. The molecule has 0 aromatic heterocycles. The second kappa shape index (κ2) is 4.55.